The molecule has 0 fully saturated rings. The number of aryl methyl sites for hydroxylation is 1. The molecule has 17 heavy (non-hydrogen) atoms. The van der Waals surface area contributed by atoms with Crippen molar-refractivity contribution in [3.8, 4) is 0 Å². The van der Waals surface area contributed by atoms with Gasteiger partial charge in [-0.1, -0.05) is 45.9 Å². The molecule has 0 spiro atoms. The van der Waals surface area contributed by atoms with Gasteiger partial charge in [-0.2, -0.15) is 0 Å². The van der Waals surface area contributed by atoms with Crippen molar-refractivity contribution in [1.29, 1.82) is 0 Å². The second-order valence-electron chi connectivity index (χ2n) is 5.10. The zero-order valence-corrected chi connectivity index (χ0v) is 11.1. The quantitative estimate of drug-likeness (QED) is 0.799. The maximum Gasteiger partial charge on any atom is 0.162 e. The van der Waals surface area contributed by atoms with E-state index in [9.17, 15) is 4.79 Å². The van der Waals surface area contributed by atoms with Gasteiger partial charge in [-0.15, -0.1) is 0 Å². The average Bonchev–Trinajstić information content (AvgIpc) is 2.28. The molecule has 1 aromatic rings. The highest BCUT2D eigenvalue weighted by Gasteiger charge is 2.17. The lowest BCUT2D eigenvalue weighted by atomic mass is 9.91. The molecule has 0 bridgehead atoms. The van der Waals surface area contributed by atoms with E-state index in [-0.39, 0.29) is 11.2 Å². The minimum absolute atomic E-state index is 0.124. The minimum Gasteiger partial charge on any atom is -0.361 e. The van der Waals surface area contributed by atoms with E-state index in [2.05, 4.69) is 18.3 Å². The molecule has 92 valence electrons. The summed E-state index contributed by atoms with van der Waals surface area (Å²) in [5.74, 6) is 0.124. The lowest BCUT2D eigenvalue weighted by Gasteiger charge is -2.13. The Hall–Kier alpha value is -1.57. The van der Waals surface area contributed by atoms with Crippen LogP contribution in [0.15, 0.2) is 36.5 Å². The van der Waals surface area contributed by atoms with E-state index in [1.807, 2.05) is 39.0 Å². The molecule has 2 nitrogen and oxygen atoms in total. The van der Waals surface area contributed by atoms with E-state index in [1.54, 1.807) is 12.3 Å². The zero-order valence-electron chi connectivity index (χ0n) is 11.1. The topological polar surface area (TPSA) is 29.1 Å². The highest BCUT2D eigenvalue weighted by Crippen LogP contribution is 2.17. The molecule has 0 unspecified atom stereocenters. The number of hydrogen-bond acceptors (Lipinski definition) is 2. The van der Waals surface area contributed by atoms with Crippen molar-refractivity contribution >= 4 is 11.5 Å². The largest absolute Gasteiger partial charge is 0.361 e. The SMILES string of the molecule is CCc1ccccc1N/C=C/C(=O)C(C)(C)C. The molecule has 0 heterocycles. The first-order valence-electron chi connectivity index (χ1n) is 6.00. The fourth-order valence-electron chi connectivity index (χ4n) is 1.43. The second kappa shape index (κ2) is 5.67. The first-order chi connectivity index (χ1) is 7.95. The number of hydrogen-bond donors (Lipinski definition) is 1. The van der Waals surface area contributed by atoms with Gasteiger partial charge in [0.15, 0.2) is 5.78 Å². The summed E-state index contributed by atoms with van der Waals surface area (Å²) in [7, 11) is 0. The van der Waals surface area contributed by atoms with Gasteiger partial charge < -0.3 is 5.32 Å². The molecule has 0 aliphatic heterocycles. The van der Waals surface area contributed by atoms with Gasteiger partial charge in [-0.25, -0.2) is 0 Å². The minimum atomic E-state index is -0.317. The summed E-state index contributed by atoms with van der Waals surface area (Å²) in [6.45, 7) is 7.86. The Morgan fingerprint density at radius 2 is 1.94 bits per heavy atom. The second-order valence-corrected chi connectivity index (χ2v) is 5.10. The highest BCUT2D eigenvalue weighted by atomic mass is 16.1. The number of anilines is 1. The summed E-state index contributed by atoms with van der Waals surface area (Å²) in [6, 6.07) is 8.11. The van der Waals surface area contributed by atoms with Gasteiger partial charge in [0.2, 0.25) is 0 Å². The van der Waals surface area contributed by atoms with Crippen molar-refractivity contribution < 1.29 is 4.79 Å². The third-order valence-electron chi connectivity index (χ3n) is 2.61. The van der Waals surface area contributed by atoms with Crippen molar-refractivity contribution in [2.75, 3.05) is 5.32 Å². The molecule has 0 radical (unpaired) electrons. The third-order valence-corrected chi connectivity index (χ3v) is 2.61. The van der Waals surface area contributed by atoms with Crippen LogP contribution in [0.4, 0.5) is 5.69 Å². The molecule has 0 atom stereocenters. The van der Waals surface area contributed by atoms with Gasteiger partial charge in [0, 0.05) is 17.3 Å². The van der Waals surface area contributed by atoms with Crippen molar-refractivity contribution in [1.82, 2.24) is 0 Å². The Balaban J connectivity index is 2.68. The van der Waals surface area contributed by atoms with Crippen LogP contribution in [0.2, 0.25) is 0 Å². The molecule has 0 saturated carbocycles. The molecule has 0 aliphatic carbocycles. The van der Waals surface area contributed by atoms with Gasteiger partial charge in [-0.3, -0.25) is 4.79 Å². The van der Waals surface area contributed by atoms with E-state index in [0.717, 1.165) is 12.1 Å². The average molecular weight is 231 g/mol. The standard InChI is InChI=1S/C15H21NO/c1-5-12-8-6-7-9-13(12)16-11-10-14(17)15(2,3)4/h6-11,16H,5H2,1-4H3/b11-10+. The maximum absolute atomic E-state index is 11.7. The first kappa shape index (κ1) is 13.5. The van der Waals surface area contributed by atoms with Crippen LogP contribution in [-0.4, -0.2) is 5.78 Å². The Kier molecular flexibility index (Phi) is 4.50. The maximum atomic E-state index is 11.7. The number of nitrogens with one attached hydrogen (secondary N) is 1. The number of ketones is 1. The number of carbonyl (C=O) groups excluding carboxylic acids is 1. The number of allylic oxidation sites excluding steroid dienone is 1. The Morgan fingerprint density at radius 1 is 1.29 bits per heavy atom. The molecule has 0 aliphatic rings. The smallest absolute Gasteiger partial charge is 0.162 e. The van der Waals surface area contributed by atoms with E-state index in [4.69, 9.17) is 0 Å². The third kappa shape index (κ3) is 4.06. The summed E-state index contributed by atoms with van der Waals surface area (Å²) >= 11 is 0. The van der Waals surface area contributed by atoms with Crippen LogP contribution in [0.5, 0.6) is 0 Å². The van der Waals surface area contributed by atoms with Crippen molar-refractivity contribution in [3.05, 3.63) is 42.1 Å². The van der Waals surface area contributed by atoms with Crippen molar-refractivity contribution in [2.45, 2.75) is 34.1 Å². The Morgan fingerprint density at radius 3 is 2.53 bits per heavy atom. The summed E-state index contributed by atoms with van der Waals surface area (Å²) < 4.78 is 0. The summed E-state index contributed by atoms with van der Waals surface area (Å²) in [5, 5.41) is 3.17. The van der Waals surface area contributed by atoms with E-state index < -0.39 is 0 Å². The predicted molar refractivity (Wildman–Crippen MR) is 73.0 cm³/mol. The molecule has 0 saturated heterocycles. The van der Waals surface area contributed by atoms with Crippen molar-refractivity contribution in [3.63, 3.8) is 0 Å². The van der Waals surface area contributed by atoms with Gasteiger partial charge in [0.1, 0.15) is 0 Å². The van der Waals surface area contributed by atoms with Crippen LogP contribution in [-0.2, 0) is 11.2 Å². The Bertz CT molecular complexity index is 413. The molecule has 1 N–H and O–H groups in total. The summed E-state index contributed by atoms with van der Waals surface area (Å²) in [6.07, 6.45) is 4.30. The molecule has 2 heteroatoms. The monoisotopic (exact) mass is 231 g/mol. The molecule has 1 aromatic carbocycles. The molecular formula is C15H21NO. The van der Waals surface area contributed by atoms with Gasteiger partial charge in [-0.05, 0) is 24.1 Å². The van der Waals surface area contributed by atoms with Gasteiger partial charge in [0.25, 0.3) is 0 Å². The van der Waals surface area contributed by atoms with Crippen LogP contribution in [0.25, 0.3) is 0 Å². The molecule has 1 rings (SSSR count). The van der Waals surface area contributed by atoms with Crippen molar-refractivity contribution in [2.24, 2.45) is 5.41 Å². The van der Waals surface area contributed by atoms with Gasteiger partial charge in [0.05, 0.1) is 0 Å². The normalized spacial score (nSPS) is 11.8. The molecular weight excluding hydrogens is 210 g/mol. The zero-order chi connectivity index (χ0) is 12.9. The number of carbonyl (C=O) groups is 1. The van der Waals surface area contributed by atoms with Crippen LogP contribution in [0.1, 0.15) is 33.3 Å². The van der Waals surface area contributed by atoms with E-state index >= 15 is 0 Å². The van der Waals surface area contributed by atoms with Crippen LogP contribution >= 0.6 is 0 Å². The van der Waals surface area contributed by atoms with E-state index in [0.29, 0.717) is 0 Å². The lowest BCUT2D eigenvalue weighted by molar-refractivity contribution is -0.121. The van der Waals surface area contributed by atoms with E-state index in [1.165, 1.54) is 5.56 Å². The molecule has 0 aromatic heterocycles. The van der Waals surface area contributed by atoms with Crippen LogP contribution < -0.4 is 5.32 Å². The highest BCUT2D eigenvalue weighted by molar-refractivity contribution is 5.94. The summed E-state index contributed by atoms with van der Waals surface area (Å²) in [5.41, 5.74) is 2.00. The lowest BCUT2D eigenvalue weighted by Crippen LogP contribution is -2.17. The van der Waals surface area contributed by atoms with Crippen LogP contribution in [0, 0.1) is 5.41 Å². The Labute approximate surface area is 104 Å². The van der Waals surface area contributed by atoms with Crippen LogP contribution in [0.3, 0.4) is 0 Å². The fourth-order valence-corrected chi connectivity index (χ4v) is 1.43. The predicted octanol–water partition coefficient (Wildman–Crippen LogP) is 3.79. The van der Waals surface area contributed by atoms with Gasteiger partial charge >= 0.3 is 0 Å². The molecule has 0 amide bonds. The number of benzene rings is 1. The fraction of sp³-hybridized carbons (Fsp3) is 0.400. The first-order valence-corrected chi connectivity index (χ1v) is 6.00. The summed E-state index contributed by atoms with van der Waals surface area (Å²) in [4.78, 5) is 11.7. The number of para-hydroxylation sites is 1. The number of rotatable bonds is 4.